The lowest BCUT2D eigenvalue weighted by Crippen LogP contribution is -2.13. The molecule has 1 saturated heterocycles. The zero-order valence-electron chi connectivity index (χ0n) is 10.6. The third-order valence-electron chi connectivity index (χ3n) is 3.13. The molecule has 1 aromatic rings. The highest BCUT2D eigenvalue weighted by atomic mass is 16.5. The molecule has 90 valence electrons. The average molecular weight is 228 g/mol. The molecule has 1 aromatic carbocycles. The smallest absolute Gasteiger partial charge is 0.0833 e. The van der Waals surface area contributed by atoms with Crippen LogP contribution in [-0.4, -0.2) is 12.7 Å². The largest absolute Gasteiger partial charge is 0.369 e. The predicted molar refractivity (Wildman–Crippen MR) is 72.8 cm³/mol. The Labute approximate surface area is 104 Å². The van der Waals surface area contributed by atoms with E-state index in [0.717, 1.165) is 6.42 Å². The fourth-order valence-electron chi connectivity index (χ4n) is 2.19. The Kier molecular flexibility index (Phi) is 3.80. The third-order valence-corrected chi connectivity index (χ3v) is 3.13. The molecule has 0 N–H and O–H groups in total. The van der Waals surface area contributed by atoms with E-state index in [1.165, 1.54) is 16.7 Å². The predicted octanol–water partition coefficient (Wildman–Crippen LogP) is 4.07. The molecule has 0 bridgehead atoms. The first-order valence-electron chi connectivity index (χ1n) is 6.21. The van der Waals surface area contributed by atoms with Gasteiger partial charge >= 0.3 is 0 Å². The molecular formula is C16H20O. The minimum absolute atomic E-state index is 0.225. The van der Waals surface area contributed by atoms with E-state index in [2.05, 4.69) is 50.8 Å². The minimum Gasteiger partial charge on any atom is -0.369 e. The van der Waals surface area contributed by atoms with E-state index < -0.39 is 0 Å². The fraction of sp³-hybridized carbons (Fsp3) is 0.375. The molecule has 0 saturated carbocycles. The number of ether oxygens (including phenoxy) is 1. The molecule has 17 heavy (non-hydrogen) atoms. The monoisotopic (exact) mass is 228 g/mol. The SMILES string of the molecule is C=C1CO[C@@H](/C(=C/c2ccccc2)C(C)C)C1. The van der Waals surface area contributed by atoms with Crippen LogP contribution in [0.5, 0.6) is 0 Å². The topological polar surface area (TPSA) is 9.23 Å². The number of hydrogen-bond acceptors (Lipinski definition) is 1. The van der Waals surface area contributed by atoms with Gasteiger partial charge in [0, 0.05) is 6.42 Å². The molecule has 0 amide bonds. The molecule has 1 fully saturated rings. The summed E-state index contributed by atoms with van der Waals surface area (Å²) in [5.41, 5.74) is 3.82. The maximum Gasteiger partial charge on any atom is 0.0833 e. The Morgan fingerprint density at radius 2 is 2.06 bits per heavy atom. The van der Waals surface area contributed by atoms with Crippen LogP contribution in [0.3, 0.4) is 0 Å². The average Bonchev–Trinajstić information content (AvgIpc) is 2.73. The summed E-state index contributed by atoms with van der Waals surface area (Å²) < 4.78 is 5.79. The van der Waals surface area contributed by atoms with Gasteiger partial charge in [0.25, 0.3) is 0 Å². The van der Waals surface area contributed by atoms with Crippen LogP contribution in [0.15, 0.2) is 48.1 Å². The Hall–Kier alpha value is -1.34. The summed E-state index contributed by atoms with van der Waals surface area (Å²) in [5.74, 6) is 0.506. The lowest BCUT2D eigenvalue weighted by Gasteiger charge is -2.18. The van der Waals surface area contributed by atoms with Gasteiger partial charge in [-0.1, -0.05) is 56.8 Å². The zero-order chi connectivity index (χ0) is 12.3. The molecule has 0 unspecified atom stereocenters. The molecule has 0 spiro atoms. The molecule has 1 aliphatic rings. The van der Waals surface area contributed by atoms with Gasteiger partial charge in [-0.25, -0.2) is 0 Å². The molecule has 0 aromatic heterocycles. The lowest BCUT2D eigenvalue weighted by molar-refractivity contribution is 0.135. The van der Waals surface area contributed by atoms with Crippen molar-refractivity contribution in [3.63, 3.8) is 0 Å². The van der Waals surface area contributed by atoms with Gasteiger partial charge in [0.2, 0.25) is 0 Å². The first-order chi connectivity index (χ1) is 8.16. The second-order valence-electron chi connectivity index (χ2n) is 4.96. The maximum absolute atomic E-state index is 5.79. The minimum atomic E-state index is 0.225. The first-order valence-corrected chi connectivity index (χ1v) is 6.21. The number of hydrogen-bond donors (Lipinski definition) is 0. The second kappa shape index (κ2) is 5.33. The van der Waals surface area contributed by atoms with Gasteiger partial charge in [-0.15, -0.1) is 0 Å². The highest BCUT2D eigenvalue weighted by Crippen LogP contribution is 2.29. The van der Waals surface area contributed by atoms with Crippen LogP contribution in [0.25, 0.3) is 6.08 Å². The Morgan fingerprint density at radius 1 is 1.35 bits per heavy atom. The van der Waals surface area contributed by atoms with Crippen LogP contribution in [0, 0.1) is 5.92 Å². The molecule has 2 rings (SSSR count). The van der Waals surface area contributed by atoms with Gasteiger partial charge in [0.1, 0.15) is 0 Å². The number of benzene rings is 1. The molecule has 0 radical (unpaired) electrons. The summed E-state index contributed by atoms with van der Waals surface area (Å²) >= 11 is 0. The quantitative estimate of drug-likeness (QED) is 0.709. The highest BCUT2D eigenvalue weighted by Gasteiger charge is 2.24. The third kappa shape index (κ3) is 3.07. The van der Waals surface area contributed by atoms with Crippen LogP contribution in [0.4, 0.5) is 0 Å². The van der Waals surface area contributed by atoms with Crippen molar-refractivity contribution in [1.82, 2.24) is 0 Å². The molecule has 1 heterocycles. The lowest BCUT2D eigenvalue weighted by atomic mass is 9.93. The number of rotatable bonds is 3. The summed E-state index contributed by atoms with van der Waals surface area (Å²) in [6, 6.07) is 10.4. The second-order valence-corrected chi connectivity index (χ2v) is 4.96. The van der Waals surface area contributed by atoms with Gasteiger partial charge in [-0.3, -0.25) is 0 Å². The Bertz CT molecular complexity index is 414. The van der Waals surface area contributed by atoms with E-state index in [4.69, 9.17) is 4.74 Å². The van der Waals surface area contributed by atoms with Crippen molar-refractivity contribution < 1.29 is 4.74 Å². The summed E-state index contributed by atoms with van der Waals surface area (Å²) in [6.07, 6.45) is 3.45. The van der Waals surface area contributed by atoms with Crippen molar-refractivity contribution in [2.75, 3.05) is 6.61 Å². The molecular weight excluding hydrogens is 208 g/mol. The van der Waals surface area contributed by atoms with Crippen LogP contribution >= 0.6 is 0 Å². The summed E-state index contributed by atoms with van der Waals surface area (Å²) in [6.45, 7) is 9.16. The van der Waals surface area contributed by atoms with E-state index in [-0.39, 0.29) is 6.10 Å². The van der Waals surface area contributed by atoms with Gasteiger partial charge in [-0.2, -0.15) is 0 Å². The Balaban J connectivity index is 2.23. The summed E-state index contributed by atoms with van der Waals surface area (Å²) in [4.78, 5) is 0. The zero-order valence-corrected chi connectivity index (χ0v) is 10.6. The molecule has 0 aliphatic carbocycles. The van der Waals surface area contributed by atoms with E-state index in [1.807, 2.05) is 6.07 Å². The molecule has 1 nitrogen and oxygen atoms in total. The molecule has 1 atom stereocenters. The normalized spacial score (nSPS) is 21.2. The maximum atomic E-state index is 5.79. The van der Waals surface area contributed by atoms with Crippen molar-refractivity contribution in [1.29, 1.82) is 0 Å². The van der Waals surface area contributed by atoms with Crippen LogP contribution in [-0.2, 0) is 4.74 Å². The van der Waals surface area contributed by atoms with Crippen molar-refractivity contribution in [3.8, 4) is 0 Å². The van der Waals surface area contributed by atoms with Gasteiger partial charge in [0.05, 0.1) is 12.7 Å². The highest BCUT2D eigenvalue weighted by molar-refractivity contribution is 5.54. The molecule has 1 heteroatoms. The van der Waals surface area contributed by atoms with Crippen molar-refractivity contribution in [3.05, 3.63) is 53.6 Å². The van der Waals surface area contributed by atoms with Crippen LogP contribution in [0.1, 0.15) is 25.8 Å². The standard InChI is InChI=1S/C16H20O/c1-12(2)15(16-9-13(3)11-17-16)10-14-7-5-4-6-8-14/h4-8,10,12,16H,3,9,11H2,1-2H3/b15-10+/t16-/m1/s1. The van der Waals surface area contributed by atoms with E-state index in [1.54, 1.807) is 0 Å². The Morgan fingerprint density at radius 3 is 2.59 bits per heavy atom. The summed E-state index contributed by atoms with van der Waals surface area (Å²) in [5, 5.41) is 0. The summed E-state index contributed by atoms with van der Waals surface area (Å²) in [7, 11) is 0. The van der Waals surface area contributed by atoms with Gasteiger partial charge < -0.3 is 4.74 Å². The van der Waals surface area contributed by atoms with Crippen molar-refractivity contribution in [2.24, 2.45) is 5.92 Å². The van der Waals surface area contributed by atoms with Gasteiger partial charge in [0.15, 0.2) is 0 Å². The fourth-order valence-corrected chi connectivity index (χ4v) is 2.19. The van der Waals surface area contributed by atoms with E-state index in [9.17, 15) is 0 Å². The van der Waals surface area contributed by atoms with E-state index in [0.29, 0.717) is 12.5 Å². The first kappa shape index (κ1) is 12.1. The van der Waals surface area contributed by atoms with Crippen molar-refractivity contribution >= 4 is 6.08 Å². The van der Waals surface area contributed by atoms with E-state index >= 15 is 0 Å². The molecule has 1 aliphatic heterocycles. The van der Waals surface area contributed by atoms with Gasteiger partial charge in [-0.05, 0) is 22.6 Å². The van der Waals surface area contributed by atoms with Crippen molar-refractivity contribution in [2.45, 2.75) is 26.4 Å². The van der Waals surface area contributed by atoms with Crippen LogP contribution in [0.2, 0.25) is 0 Å². The van der Waals surface area contributed by atoms with Crippen LogP contribution < -0.4 is 0 Å².